The summed E-state index contributed by atoms with van der Waals surface area (Å²) in [4.78, 5) is 15.3. The fraction of sp³-hybridized carbons (Fsp3) is 0.974. The van der Waals surface area contributed by atoms with Gasteiger partial charge in [-0.25, -0.2) is 0 Å². The molecule has 3 N–H and O–H groups in total. The van der Waals surface area contributed by atoms with Gasteiger partial charge in [0, 0.05) is 30.4 Å². The number of hydrogen-bond donors (Lipinski definition) is 3. The van der Waals surface area contributed by atoms with Crippen molar-refractivity contribution < 1.29 is 34.3 Å². The first kappa shape index (κ1) is 33.7. The molecule has 15 atom stereocenters. The van der Waals surface area contributed by atoms with Crippen molar-refractivity contribution in [3.05, 3.63) is 0 Å². The molecule has 1 unspecified atom stereocenters. The van der Waals surface area contributed by atoms with Gasteiger partial charge in [-0.2, -0.15) is 0 Å². The van der Waals surface area contributed by atoms with Crippen LogP contribution < -0.4 is 0 Å². The number of hydrogen-bond acceptors (Lipinski definition) is 8. The van der Waals surface area contributed by atoms with Crippen molar-refractivity contribution in [3.8, 4) is 0 Å². The van der Waals surface area contributed by atoms with Gasteiger partial charge >= 0.3 is 5.97 Å². The van der Waals surface area contributed by atoms with E-state index in [0.29, 0.717) is 37.3 Å². The van der Waals surface area contributed by atoms with Gasteiger partial charge in [-0.3, -0.25) is 9.69 Å². The maximum atomic E-state index is 13.3. The lowest BCUT2D eigenvalue weighted by atomic mass is 9.41. The second-order valence-corrected chi connectivity index (χ2v) is 18.9. The molecule has 0 aromatic heterocycles. The minimum atomic E-state index is -1.03. The smallest absolute Gasteiger partial charge is 0.323 e. The molecule has 46 heavy (non-hydrogen) atoms. The molecule has 2 saturated heterocycles. The molecule has 8 heteroatoms. The van der Waals surface area contributed by atoms with Crippen LogP contribution in [0, 0.1) is 50.7 Å². The normalized spacial score (nSPS) is 53.3. The van der Waals surface area contributed by atoms with E-state index >= 15 is 0 Å². The third kappa shape index (κ3) is 4.28. The molecule has 2 heterocycles. The molecule has 7 aliphatic rings. The summed E-state index contributed by atoms with van der Waals surface area (Å²) in [6, 6.07) is -0.357. The molecule has 0 amide bonds. The topological polar surface area (TPSA) is 109 Å². The van der Waals surface area contributed by atoms with Crippen LogP contribution in [-0.4, -0.2) is 94.7 Å². The zero-order valence-corrected chi connectivity index (χ0v) is 30.1. The molecule has 2 aliphatic heterocycles. The SMILES string of the molecule is CCO[C@@H]([C@H]1C[C@@H](C)[C@H]2[C@H](O1)[C@H](O)[C@@]1(C)[C@@H]3CC[C@H]4C(C)(C)[C@@H](OC(=O)[C@@H]5C[C@@H](O)CN5C)CCC45C[C@@]35CC[C@]21C)C(C)(C)O. The lowest BCUT2D eigenvalue weighted by Crippen LogP contribution is -2.60. The minimum Gasteiger partial charge on any atom is -0.461 e. The van der Waals surface area contributed by atoms with Crippen molar-refractivity contribution in [1.82, 2.24) is 4.90 Å². The van der Waals surface area contributed by atoms with Gasteiger partial charge < -0.3 is 29.5 Å². The van der Waals surface area contributed by atoms with Gasteiger partial charge in [0.25, 0.3) is 0 Å². The summed E-state index contributed by atoms with van der Waals surface area (Å²) in [5, 5.41) is 33.7. The van der Waals surface area contributed by atoms with Crippen LogP contribution in [0.3, 0.4) is 0 Å². The van der Waals surface area contributed by atoms with Crippen molar-refractivity contribution >= 4 is 5.97 Å². The molecule has 5 aliphatic carbocycles. The Labute approximate surface area is 277 Å². The van der Waals surface area contributed by atoms with Gasteiger partial charge in [0.05, 0.1) is 30.0 Å². The molecule has 2 spiro atoms. The number of aliphatic hydroxyl groups is 3. The van der Waals surface area contributed by atoms with E-state index < -0.39 is 23.9 Å². The number of likely N-dealkylation sites (tertiary alicyclic amines) is 1. The lowest BCUT2D eigenvalue weighted by molar-refractivity contribution is -0.215. The first-order chi connectivity index (χ1) is 21.4. The monoisotopic (exact) mass is 645 g/mol. The number of nitrogens with zero attached hydrogens (tertiary/aromatic N) is 1. The highest BCUT2D eigenvalue weighted by atomic mass is 16.6. The summed E-state index contributed by atoms with van der Waals surface area (Å²) in [7, 11) is 1.90. The predicted molar refractivity (Wildman–Crippen MR) is 175 cm³/mol. The van der Waals surface area contributed by atoms with Crippen LogP contribution in [0.15, 0.2) is 0 Å². The number of ether oxygens (including phenoxy) is 3. The Hall–Kier alpha value is -0.770. The van der Waals surface area contributed by atoms with E-state index in [-0.39, 0.29) is 63.3 Å². The second kappa shape index (κ2) is 10.6. The maximum Gasteiger partial charge on any atom is 0.323 e. The average molecular weight is 646 g/mol. The highest BCUT2D eigenvalue weighted by molar-refractivity contribution is 5.76. The van der Waals surface area contributed by atoms with Crippen LogP contribution in [0.2, 0.25) is 0 Å². The van der Waals surface area contributed by atoms with Crippen molar-refractivity contribution in [3.63, 3.8) is 0 Å². The minimum absolute atomic E-state index is 0.0238. The van der Waals surface area contributed by atoms with Gasteiger partial charge in [0.2, 0.25) is 0 Å². The number of likely N-dealkylation sites (N-methyl/N-ethyl adjacent to an activating group) is 1. The number of aliphatic hydroxyl groups excluding tert-OH is 2. The summed E-state index contributed by atoms with van der Waals surface area (Å²) in [6.07, 6.45) is 6.95. The maximum absolute atomic E-state index is 13.3. The van der Waals surface area contributed by atoms with E-state index in [4.69, 9.17) is 14.2 Å². The number of carbonyl (C=O) groups excluding carboxylic acids is 1. The molecule has 0 radical (unpaired) electrons. The molecule has 8 nitrogen and oxygen atoms in total. The van der Waals surface area contributed by atoms with E-state index in [1.54, 1.807) is 0 Å². The summed E-state index contributed by atoms with van der Waals surface area (Å²) in [5.41, 5.74) is -0.965. The Balaban J connectivity index is 1.14. The largest absolute Gasteiger partial charge is 0.461 e. The molecular formula is C38H63NO7. The lowest BCUT2D eigenvalue weighted by Gasteiger charge is -2.63. The predicted octanol–water partition coefficient (Wildman–Crippen LogP) is 4.95. The summed E-state index contributed by atoms with van der Waals surface area (Å²) in [5.74, 6) is 1.38. The molecule has 262 valence electrons. The highest BCUT2D eigenvalue weighted by Crippen LogP contribution is 2.89. The Morgan fingerprint density at radius 3 is 2.33 bits per heavy atom. The number of carbonyl (C=O) groups is 1. The molecule has 0 bridgehead atoms. The average Bonchev–Trinajstić information content (AvgIpc) is 3.45. The van der Waals surface area contributed by atoms with Crippen LogP contribution in [-0.2, 0) is 19.0 Å². The molecule has 0 aromatic rings. The molecule has 7 fully saturated rings. The van der Waals surface area contributed by atoms with Crippen molar-refractivity contribution in [1.29, 1.82) is 0 Å². The van der Waals surface area contributed by atoms with Crippen LogP contribution in [0.1, 0.15) is 113 Å². The van der Waals surface area contributed by atoms with E-state index in [0.717, 1.165) is 38.5 Å². The Kier molecular flexibility index (Phi) is 7.78. The first-order valence-electron chi connectivity index (χ1n) is 18.7. The van der Waals surface area contributed by atoms with Gasteiger partial charge in [-0.05, 0) is 119 Å². The Bertz CT molecular complexity index is 1220. The standard InChI is InChI=1S/C38H63NO7/c1-10-44-31(34(5,6)43)24-17-21(2)28-29(45-24)30(41)36(8)26-12-11-25-33(3,4)27(46-32(42)23-18-22(40)19-39(23)9)13-14-37(25)20-38(26,37)16-15-35(28,36)7/h21-31,40-41,43H,10-20H2,1-9H3/t21-,22-,23+,24-,25+,26+,27+,28+,29+,30+,31+,35-,36-,37?,38+/m1/s1. The van der Waals surface area contributed by atoms with Crippen LogP contribution in [0.5, 0.6) is 0 Å². The fourth-order valence-corrected chi connectivity index (χ4v) is 14.1. The summed E-state index contributed by atoms with van der Waals surface area (Å²) < 4.78 is 19.4. The molecule has 5 saturated carbocycles. The van der Waals surface area contributed by atoms with Gasteiger partial charge in [-0.15, -0.1) is 0 Å². The Morgan fingerprint density at radius 1 is 1.02 bits per heavy atom. The molecule has 0 aromatic carbocycles. The Morgan fingerprint density at radius 2 is 1.70 bits per heavy atom. The van der Waals surface area contributed by atoms with Gasteiger partial charge in [0.15, 0.2) is 0 Å². The summed E-state index contributed by atoms with van der Waals surface area (Å²) >= 11 is 0. The highest BCUT2D eigenvalue weighted by Gasteiger charge is 2.84. The molecular weight excluding hydrogens is 582 g/mol. The van der Waals surface area contributed by atoms with E-state index in [9.17, 15) is 20.1 Å². The summed E-state index contributed by atoms with van der Waals surface area (Å²) in [6.45, 7) is 18.5. The third-order valence-electron chi connectivity index (χ3n) is 16.2. The van der Waals surface area contributed by atoms with E-state index in [1.165, 1.54) is 12.8 Å². The number of rotatable bonds is 6. The van der Waals surface area contributed by atoms with Gasteiger partial charge in [0.1, 0.15) is 18.2 Å². The van der Waals surface area contributed by atoms with Crippen molar-refractivity contribution in [2.75, 3.05) is 20.2 Å². The van der Waals surface area contributed by atoms with E-state index in [2.05, 4.69) is 34.6 Å². The molecule has 7 rings (SSSR count). The zero-order valence-electron chi connectivity index (χ0n) is 30.1. The van der Waals surface area contributed by atoms with Crippen LogP contribution >= 0.6 is 0 Å². The van der Waals surface area contributed by atoms with Crippen LogP contribution in [0.25, 0.3) is 0 Å². The van der Waals surface area contributed by atoms with Crippen molar-refractivity contribution in [2.24, 2.45) is 50.7 Å². The fourth-order valence-electron chi connectivity index (χ4n) is 14.1. The zero-order chi connectivity index (χ0) is 33.4. The van der Waals surface area contributed by atoms with E-state index in [1.807, 2.05) is 32.7 Å². The first-order valence-corrected chi connectivity index (χ1v) is 18.7. The number of esters is 1. The van der Waals surface area contributed by atoms with Gasteiger partial charge in [-0.1, -0.05) is 34.6 Å². The quantitative estimate of drug-likeness (QED) is 0.349. The van der Waals surface area contributed by atoms with Crippen molar-refractivity contribution in [2.45, 2.75) is 161 Å². The number of β-amino-alcohol motifs (C(OH)–C–C–N with tert-alkyl or cyclic N) is 1. The van der Waals surface area contributed by atoms with Crippen LogP contribution in [0.4, 0.5) is 0 Å². The second-order valence-electron chi connectivity index (χ2n) is 18.9. The third-order valence-corrected chi connectivity index (χ3v) is 16.2. The number of fused-ring (bicyclic) bond motifs is 4.